The van der Waals surface area contributed by atoms with E-state index >= 15 is 0 Å². The normalized spacial score (nSPS) is 28.1. The Balaban J connectivity index is 1.03. The van der Waals surface area contributed by atoms with E-state index in [1.807, 2.05) is 24.3 Å². The van der Waals surface area contributed by atoms with Gasteiger partial charge in [0.1, 0.15) is 0 Å². The summed E-state index contributed by atoms with van der Waals surface area (Å²) in [7, 11) is 0. The first-order valence-corrected chi connectivity index (χ1v) is 16.3. The number of ether oxygens (including phenoxy) is 1. The molecule has 5 aliphatic rings. The van der Waals surface area contributed by atoms with Crippen molar-refractivity contribution in [2.75, 3.05) is 25.4 Å². The lowest BCUT2D eigenvalue weighted by molar-refractivity contribution is -0.173. The Morgan fingerprint density at radius 1 is 1.11 bits per heavy atom. The Labute approximate surface area is 262 Å². The van der Waals surface area contributed by atoms with Crippen molar-refractivity contribution in [3.63, 3.8) is 0 Å². The summed E-state index contributed by atoms with van der Waals surface area (Å²) in [5.41, 5.74) is 18.8. The van der Waals surface area contributed by atoms with Crippen molar-refractivity contribution >= 4 is 22.5 Å². The number of aromatic hydroxyl groups is 1. The number of guanidine groups is 1. The molecule has 1 saturated heterocycles. The second kappa shape index (κ2) is 9.64. The molecule has 0 radical (unpaired) electrons. The fraction of sp³-hybridized carbons (Fsp3) is 0.417. The lowest BCUT2D eigenvalue weighted by Crippen LogP contribution is -2.74. The number of anilines is 1. The van der Waals surface area contributed by atoms with Crippen LogP contribution in [-0.4, -0.2) is 57.3 Å². The Morgan fingerprint density at radius 3 is 2.76 bits per heavy atom. The van der Waals surface area contributed by atoms with E-state index in [0.717, 1.165) is 77.2 Å². The number of hydrogen-bond donors (Lipinski definition) is 6. The highest BCUT2D eigenvalue weighted by atomic mass is 16.5. The summed E-state index contributed by atoms with van der Waals surface area (Å²) in [5, 5.41) is 28.4. The number of piperidine rings is 1. The zero-order valence-electron chi connectivity index (χ0n) is 25.4. The minimum atomic E-state index is -0.994. The van der Waals surface area contributed by atoms with Crippen LogP contribution >= 0.6 is 0 Å². The molecule has 1 saturated carbocycles. The molecule has 4 atom stereocenters. The van der Waals surface area contributed by atoms with Crippen molar-refractivity contribution in [3.8, 4) is 11.5 Å². The summed E-state index contributed by atoms with van der Waals surface area (Å²) in [6.45, 7) is 3.15. The molecular weight excluding hydrogens is 564 g/mol. The van der Waals surface area contributed by atoms with E-state index in [-0.39, 0.29) is 17.9 Å². The molecule has 9 heteroatoms. The number of nitrogens with one attached hydrogen (secondary N) is 2. The van der Waals surface area contributed by atoms with Crippen LogP contribution in [0, 0.1) is 5.92 Å². The van der Waals surface area contributed by atoms with E-state index in [1.54, 1.807) is 6.07 Å². The number of rotatable bonds is 7. The third-order valence-electron chi connectivity index (χ3n) is 11.4. The van der Waals surface area contributed by atoms with E-state index < -0.39 is 11.0 Å². The highest BCUT2D eigenvalue weighted by Gasteiger charge is 2.72. The summed E-state index contributed by atoms with van der Waals surface area (Å²) in [6.07, 6.45) is 5.15. The third-order valence-corrected chi connectivity index (χ3v) is 11.4. The number of H-pyrrole nitrogens is 1. The number of aliphatic imine (C=N–C) groups is 1. The Kier molecular flexibility index (Phi) is 5.81. The fourth-order valence-electron chi connectivity index (χ4n) is 9.01. The van der Waals surface area contributed by atoms with Gasteiger partial charge >= 0.3 is 0 Å². The van der Waals surface area contributed by atoms with Crippen molar-refractivity contribution < 1.29 is 14.9 Å². The molecule has 9 rings (SSSR count). The predicted octanol–water partition coefficient (Wildman–Crippen LogP) is 3.80. The Hall–Kier alpha value is -4.21. The molecule has 1 spiro atoms. The van der Waals surface area contributed by atoms with Crippen molar-refractivity contribution in [1.29, 1.82) is 0 Å². The first kappa shape index (κ1) is 27.1. The molecule has 2 aliphatic heterocycles. The van der Waals surface area contributed by atoms with Crippen LogP contribution in [0.1, 0.15) is 58.9 Å². The molecule has 3 heterocycles. The summed E-state index contributed by atoms with van der Waals surface area (Å²) in [6, 6.07) is 18.0. The van der Waals surface area contributed by atoms with Crippen LogP contribution in [0.2, 0.25) is 0 Å². The minimum Gasteiger partial charge on any atom is -0.504 e. The van der Waals surface area contributed by atoms with Gasteiger partial charge in [0.05, 0.1) is 23.3 Å². The molecule has 1 aromatic heterocycles. The molecule has 8 N–H and O–H groups in total. The number of phenols is 1. The topological polar surface area (TPSA) is 145 Å². The van der Waals surface area contributed by atoms with Crippen LogP contribution in [0.3, 0.4) is 0 Å². The van der Waals surface area contributed by atoms with Gasteiger partial charge in [-0.15, -0.1) is 0 Å². The van der Waals surface area contributed by atoms with E-state index in [1.165, 1.54) is 24.0 Å². The number of nitrogens with zero attached hydrogens (tertiary/aromatic N) is 2. The van der Waals surface area contributed by atoms with Gasteiger partial charge in [0.2, 0.25) is 0 Å². The number of fused-ring (bicyclic) bond motifs is 4. The van der Waals surface area contributed by atoms with Crippen molar-refractivity contribution in [1.82, 2.24) is 15.2 Å². The predicted molar refractivity (Wildman–Crippen MR) is 174 cm³/mol. The first-order chi connectivity index (χ1) is 21.8. The number of likely N-dealkylation sites (tertiary alicyclic amines) is 1. The van der Waals surface area contributed by atoms with Crippen molar-refractivity contribution in [2.45, 2.75) is 68.2 Å². The molecule has 232 valence electrons. The van der Waals surface area contributed by atoms with Gasteiger partial charge in [-0.3, -0.25) is 4.90 Å². The third kappa shape index (κ3) is 3.96. The molecule has 3 aliphatic carbocycles. The second-order valence-electron chi connectivity index (χ2n) is 13.9. The molecule has 45 heavy (non-hydrogen) atoms. The maximum absolute atomic E-state index is 13.1. The lowest BCUT2D eigenvalue weighted by atomic mass is 9.49. The van der Waals surface area contributed by atoms with Gasteiger partial charge < -0.3 is 36.7 Å². The van der Waals surface area contributed by atoms with Crippen LogP contribution in [0.15, 0.2) is 59.6 Å². The standard InChI is InChI=1S/C36H40N6O3/c37-24-7-3-21(4-8-24)18-40-34(38)39-13-11-20-5-9-27-25(15-20)26-17-36(44)29-16-23-6-10-28(43)32-30(23)35(36,33(45-32)31(26)41-27)12-14-42(29)19-22-1-2-22/h3-10,15,22,29,33,41,43-44H,1-2,11-14,16-19,37H2,(H3,38,39,40)/t29-,33+,35+,36-/m1/s1. The second-order valence-corrected chi connectivity index (χ2v) is 13.9. The number of phenolic OH excluding ortho intramolecular Hbond substituents is 1. The molecule has 0 unspecified atom stereocenters. The molecule has 2 fully saturated rings. The molecular formula is C36H40N6O3. The quantitative estimate of drug-likeness (QED) is 0.107. The number of nitrogen functional groups attached to an aromatic ring is 1. The zero-order valence-corrected chi connectivity index (χ0v) is 25.4. The maximum Gasteiger partial charge on any atom is 0.188 e. The average molecular weight is 605 g/mol. The number of hydrogen-bond acceptors (Lipinski definition) is 6. The summed E-state index contributed by atoms with van der Waals surface area (Å²) < 4.78 is 6.74. The highest BCUT2D eigenvalue weighted by molar-refractivity contribution is 5.87. The number of aromatic amines is 1. The smallest absolute Gasteiger partial charge is 0.188 e. The number of nitrogens with two attached hydrogens (primary N) is 2. The van der Waals surface area contributed by atoms with Crippen LogP contribution in [0.5, 0.6) is 11.5 Å². The van der Waals surface area contributed by atoms with E-state index in [9.17, 15) is 10.2 Å². The van der Waals surface area contributed by atoms with E-state index in [0.29, 0.717) is 31.2 Å². The first-order valence-electron chi connectivity index (χ1n) is 16.3. The average Bonchev–Trinajstić information content (AvgIpc) is 3.68. The highest BCUT2D eigenvalue weighted by Crippen LogP contribution is 2.69. The Bertz CT molecular complexity index is 1860. The van der Waals surface area contributed by atoms with Gasteiger partial charge in [0.15, 0.2) is 23.6 Å². The van der Waals surface area contributed by atoms with Crippen LogP contribution < -0.4 is 21.5 Å². The van der Waals surface area contributed by atoms with Gasteiger partial charge in [0, 0.05) is 47.7 Å². The lowest BCUT2D eigenvalue weighted by Gasteiger charge is -2.62. The summed E-state index contributed by atoms with van der Waals surface area (Å²) in [5.74, 6) is 1.90. The SMILES string of the molecule is NC(=NCc1ccc(N)cc1)NCCc1ccc2[nH]c3c(c2c1)C[C@@]1(O)[C@H]2Cc4ccc(O)c5c4[C@@]1(CCN2CC1CC1)[C@H]3O5. The van der Waals surface area contributed by atoms with Gasteiger partial charge in [-0.2, -0.15) is 0 Å². The monoisotopic (exact) mass is 604 g/mol. The van der Waals surface area contributed by atoms with Gasteiger partial charge in [-0.25, -0.2) is 4.99 Å². The number of benzene rings is 3. The van der Waals surface area contributed by atoms with Gasteiger partial charge in [-0.05, 0) is 97.2 Å². The van der Waals surface area contributed by atoms with Crippen LogP contribution in [-0.2, 0) is 31.2 Å². The number of aliphatic hydroxyl groups is 1. The minimum absolute atomic E-state index is 0.0157. The fourth-order valence-corrected chi connectivity index (χ4v) is 9.01. The van der Waals surface area contributed by atoms with Gasteiger partial charge in [0.25, 0.3) is 0 Å². The van der Waals surface area contributed by atoms with Crippen molar-refractivity contribution in [2.24, 2.45) is 16.6 Å². The van der Waals surface area contributed by atoms with E-state index in [2.05, 4.69) is 44.5 Å². The summed E-state index contributed by atoms with van der Waals surface area (Å²) in [4.78, 5) is 10.8. The molecule has 3 aromatic carbocycles. The Morgan fingerprint density at radius 2 is 1.93 bits per heavy atom. The van der Waals surface area contributed by atoms with Crippen LogP contribution in [0.25, 0.3) is 10.9 Å². The largest absolute Gasteiger partial charge is 0.504 e. The maximum atomic E-state index is 13.1. The molecule has 0 amide bonds. The molecule has 2 bridgehead atoms. The number of aromatic nitrogens is 1. The molecule has 4 aromatic rings. The van der Waals surface area contributed by atoms with Crippen LogP contribution in [0.4, 0.5) is 5.69 Å². The zero-order chi connectivity index (χ0) is 30.5. The summed E-state index contributed by atoms with van der Waals surface area (Å²) >= 11 is 0. The van der Waals surface area contributed by atoms with Crippen molar-refractivity contribution in [3.05, 3.63) is 88.1 Å². The molecule has 9 nitrogen and oxygen atoms in total. The van der Waals surface area contributed by atoms with Gasteiger partial charge in [-0.1, -0.05) is 24.3 Å². The van der Waals surface area contributed by atoms with E-state index in [4.69, 9.17) is 16.2 Å².